The Kier molecular flexibility index (Phi) is 6.16. The summed E-state index contributed by atoms with van der Waals surface area (Å²) in [6.45, 7) is 4.77. The van der Waals surface area contributed by atoms with Crippen molar-refractivity contribution in [3.8, 4) is 11.5 Å². The second kappa shape index (κ2) is 8.75. The molecule has 0 fully saturated rings. The minimum atomic E-state index is -3.78. The fourth-order valence-electron chi connectivity index (χ4n) is 2.78. The molecule has 0 atom stereocenters. The number of hydrogen-bond acceptors (Lipinski definition) is 5. The van der Waals surface area contributed by atoms with Crippen molar-refractivity contribution in [1.82, 2.24) is 4.83 Å². The second-order valence-electron chi connectivity index (χ2n) is 5.89. The van der Waals surface area contributed by atoms with E-state index < -0.39 is 10.0 Å². The first-order valence-electron chi connectivity index (χ1n) is 8.97. The lowest BCUT2D eigenvalue weighted by molar-refractivity contribution is 0.340. The molecule has 3 aromatic carbocycles. The van der Waals surface area contributed by atoms with Crippen LogP contribution in [-0.4, -0.2) is 27.8 Å². The van der Waals surface area contributed by atoms with Gasteiger partial charge < -0.3 is 9.47 Å². The van der Waals surface area contributed by atoms with Gasteiger partial charge in [0.05, 0.1) is 24.3 Å². The van der Waals surface area contributed by atoms with E-state index in [4.69, 9.17) is 9.47 Å². The lowest BCUT2D eigenvalue weighted by Crippen LogP contribution is -2.18. The van der Waals surface area contributed by atoms with Crippen molar-refractivity contribution in [2.24, 2.45) is 5.10 Å². The van der Waals surface area contributed by atoms with Gasteiger partial charge in [0.1, 0.15) is 11.5 Å². The first-order chi connectivity index (χ1) is 13.5. The van der Waals surface area contributed by atoms with Gasteiger partial charge >= 0.3 is 0 Å². The molecule has 0 spiro atoms. The Morgan fingerprint density at radius 2 is 1.64 bits per heavy atom. The zero-order valence-corrected chi connectivity index (χ0v) is 16.6. The van der Waals surface area contributed by atoms with Crippen molar-refractivity contribution in [2.45, 2.75) is 18.7 Å². The lowest BCUT2D eigenvalue weighted by Gasteiger charge is -2.10. The predicted octanol–water partition coefficient (Wildman–Crippen LogP) is 3.95. The molecular weight excluding hydrogens is 376 g/mol. The number of rotatable bonds is 8. The molecule has 6 nitrogen and oxygen atoms in total. The van der Waals surface area contributed by atoms with Gasteiger partial charge in [0.15, 0.2) is 0 Å². The SMILES string of the molecule is CCOc1ccc(S(=O)(=O)N/N=C/c2c(OCC)ccc3ccccc23)cc1. The van der Waals surface area contributed by atoms with Crippen LogP contribution in [0.2, 0.25) is 0 Å². The van der Waals surface area contributed by atoms with Gasteiger partial charge in [-0.15, -0.1) is 0 Å². The Labute approximate surface area is 164 Å². The predicted molar refractivity (Wildman–Crippen MR) is 111 cm³/mol. The van der Waals surface area contributed by atoms with Crippen molar-refractivity contribution in [3.05, 3.63) is 66.2 Å². The third-order valence-corrected chi connectivity index (χ3v) is 5.28. The molecule has 0 aromatic heterocycles. The van der Waals surface area contributed by atoms with Crippen LogP contribution in [0.3, 0.4) is 0 Å². The summed E-state index contributed by atoms with van der Waals surface area (Å²) in [6.07, 6.45) is 1.47. The quantitative estimate of drug-likeness (QED) is 0.460. The number of hydrogen-bond donors (Lipinski definition) is 1. The summed E-state index contributed by atoms with van der Waals surface area (Å²) >= 11 is 0. The van der Waals surface area contributed by atoms with E-state index in [9.17, 15) is 8.42 Å². The molecular formula is C21H22N2O4S. The highest BCUT2D eigenvalue weighted by atomic mass is 32.2. The molecule has 0 radical (unpaired) electrons. The monoisotopic (exact) mass is 398 g/mol. The van der Waals surface area contributed by atoms with Crippen molar-refractivity contribution < 1.29 is 17.9 Å². The molecule has 0 saturated carbocycles. The summed E-state index contributed by atoms with van der Waals surface area (Å²) < 4.78 is 35.9. The van der Waals surface area contributed by atoms with Crippen LogP contribution >= 0.6 is 0 Å². The van der Waals surface area contributed by atoms with E-state index in [1.54, 1.807) is 12.1 Å². The van der Waals surface area contributed by atoms with Crippen molar-refractivity contribution in [1.29, 1.82) is 0 Å². The average Bonchev–Trinajstić information content (AvgIpc) is 2.70. The molecule has 0 saturated heterocycles. The van der Waals surface area contributed by atoms with Gasteiger partial charge in [-0.25, -0.2) is 4.83 Å². The van der Waals surface area contributed by atoms with Crippen molar-refractivity contribution in [2.75, 3.05) is 13.2 Å². The topological polar surface area (TPSA) is 77.0 Å². The number of benzene rings is 3. The number of fused-ring (bicyclic) bond motifs is 1. The van der Waals surface area contributed by atoms with E-state index in [1.807, 2.05) is 50.2 Å². The standard InChI is InChI=1S/C21H22N2O4S/c1-3-26-17-10-12-18(13-11-17)28(24,25)23-22-15-20-19-8-6-5-7-16(19)9-14-21(20)27-4-2/h5-15,23H,3-4H2,1-2H3/b22-15+. The zero-order chi connectivity index (χ0) is 20.0. The van der Waals surface area contributed by atoms with E-state index in [0.717, 1.165) is 10.8 Å². The van der Waals surface area contributed by atoms with Crippen LogP contribution in [0, 0.1) is 0 Å². The molecule has 0 aliphatic rings. The van der Waals surface area contributed by atoms with E-state index in [2.05, 4.69) is 9.93 Å². The first-order valence-corrected chi connectivity index (χ1v) is 10.5. The normalized spacial score (nSPS) is 11.6. The molecule has 7 heteroatoms. The van der Waals surface area contributed by atoms with E-state index in [0.29, 0.717) is 30.3 Å². The fourth-order valence-corrected chi connectivity index (χ4v) is 3.58. The van der Waals surface area contributed by atoms with Crippen LogP contribution in [0.4, 0.5) is 0 Å². The van der Waals surface area contributed by atoms with Gasteiger partial charge in [0, 0.05) is 5.56 Å². The highest BCUT2D eigenvalue weighted by Crippen LogP contribution is 2.26. The van der Waals surface area contributed by atoms with Crippen LogP contribution in [0.1, 0.15) is 19.4 Å². The minimum Gasteiger partial charge on any atom is -0.494 e. The number of ether oxygens (including phenoxy) is 2. The molecule has 0 heterocycles. The molecule has 0 unspecified atom stereocenters. The third-order valence-electron chi connectivity index (χ3n) is 4.04. The molecule has 0 aliphatic heterocycles. The van der Waals surface area contributed by atoms with Crippen LogP contribution in [0.5, 0.6) is 11.5 Å². The Bertz CT molecular complexity index is 1080. The lowest BCUT2D eigenvalue weighted by atomic mass is 10.0. The molecule has 3 aromatic rings. The molecule has 0 aliphatic carbocycles. The Morgan fingerprint density at radius 1 is 0.929 bits per heavy atom. The smallest absolute Gasteiger partial charge is 0.276 e. The van der Waals surface area contributed by atoms with Crippen LogP contribution < -0.4 is 14.3 Å². The molecule has 0 amide bonds. The summed E-state index contributed by atoms with van der Waals surface area (Å²) in [5.41, 5.74) is 0.717. The maximum atomic E-state index is 12.5. The summed E-state index contributed by atoms with van der Waals surface area (Å²) in [4.78, 5) is 2.36. The first kappa shape index (κ1) is 19.7. The van der Waals surface area contributed by atoms with Gasteiger partial charge in [0.2, 0.25) is 0 Å². The largest absolute Gasteiger partial charge is 0.494 e. The summed E-state index contributed by atoms with van der Waals surface area (Å²) in [5, 5.41) is 5.91. The maximum absolute atomic E-state index is 12.5. The molecule has 28 heavy (non-hydrogen) atoms. The summed E-state index contributed by atoms with van der Waals surface area (Å²) in [6, 6.07) is 17.8. The van der Waals surface area contributed by atoms with E-state index >= 15 is 0 Å². The number of nitrogens with one attached hydrogen (secondary N) is 1. The van der Waals surface area contributed by atoms with Gasteiger partial charge in [0.25, 0.3) is 10.0 Å². The third kappa shape index (κ3) is 4.43. The molecule has 146 valence electrons. The maximum Gasteiger partial charge on any atom is 0.276 e. The highest BCUT2D eigenvalue weighted by molar-refractivity contribution is 7.89. The van der Waals surface area contributed by atoms with Gasteiger partial charge in [-0.1, -0.05) is 30.3 Å². The van der Waals surface area contributed by atoms with Crippen molar-refractivity contribution in [3.63, 3.8) is 0 Å². The Morgan fingerprint density at radius 3 is 2.36 bits per heavy atom. The van der Waals surface area contributed by atoms with Crippen LogP contribution in [0.25, 0.3) is 10.8 Å². The Hall–Kier alpha value is -3.06. The van der Waals surface area contributed by atoms with Crippen LogP contribution in [0.15, 0.2) is 70.7 Å². The summed E-state index contributed by atoms with van der Waals surface area (Å²) in [5.74, 6) is 1.26. The zero-order valence-electron chi connectivity index (χ0n) is 15.8. The summed E-state index contributed by atoms with van der Waals surface area (Å²) in [7, 11) is -3.78. The van der Waals surface area contributed by atoms with Crippen LogP contribution in [-0.2, 0) is 10.0 Å². The van der Waals surface area contributed by atoms with E-state index in [-0.39, 0.29) is 4.90 Å². The molecule has 3 rings (SSSR count). The number of sulfonamides is 1. The number of nitrogens with zero attached hydrogens (tertiary/aromatic N) is 1. The molecule has 0 bridgehead atoms. The average molecular weight is 398 g/mol. The fraction of sp³-hybridized carbons (Fsp3) is 0.190. The van der Waals surface area contributed by atoms with Crippen molar-refractivity contribution >= 4 is 27.0 Å². The van der Waals surface area contributed by atoms with Gasteiger partial charge in [-0.05, 0) is 55.0 Å². The molecule has 1 N–H and O–H groups in total. The minimum absolute atomic E-state index is 0.107. The van der Waals surface area contributed by atoms with Gasteiger partial charge in [-0.3, -0.25) is 0 Å². The second-order valence-corrected chi connectivity index (χ2v) is 7.55. The van der Waals surface area contributed by atoms with Gasteiger partial charge in [-0.2, -0.15) is 13.5 Å². The highest BCUT2D eigenvalue weighted by Gasteiger charge is 2.13. The number of hydrazone groups is 1. The Balaban J connectivity index is 1.86. The van der Waals surface area contributed by atoms with E-state index in [1.165, 1.54) is 18.3 Å².